The molecule has 0 aliphatic heterocycles. The highest BCUT2D eigenvalue weighted by Gasteiger charge is 2.65. The van der Waals surface area contributed by atoms with Crippen LogP contribution in [0.15, 0.2) is 69.9 Å². The molecular formula is C21H13Cl2F5N4O2S2. The Balaban J connectivity index is 1.98. The van der Waals surface area contributed by atoms with Crippen LogP contribution >= 0.6 is 33.4 Å². The summed E-state index contributed by atoms with van der Waals surface area (Å²) in [6.45, 7) is 1.16. The Labute approximate surface area is 213 Å². The summed E-state index contributed by atoms with van der Waals surface area (Å²) >= 11 is 12.7. The van der Waals surface area contributed by atoms with Crippen molar-refractivity contribution in [2.24, 2.45) is 0 Å². The van der Waals surface area contributed by atoms with E-state index in [1.54, 1.807) is 0 Å². The average Bonchev–Trinajstić information content (AvgIpc) is 2.79. The Morgan fingerprint density at radius 2 is 1.53 bits per heavy atom. The molecule has 1 N–H and O–H groups in total. The molecule has 2 heterocycles. The van der Waals surface area contributed by atoms with E-state index in [1.807, 2.05) is 0 Å². The first-order valence-corrected chi connectivity index (χ1v) is 13.5. The molecule has 0 spiro atoms. The molecule has 2 aromatic carbocycles. The van der Waals surface area contributed by atoms with Gasteiger partial charge in [0.2, 0.25) is 0 Å². The van der Waals surface area contributed by atoms with Gasteiger partial charge in [0, 0.05) is 23.5 Å². The lowest BCUT2D eigenvalue weighted by atomic mass is 10.1. The molecular weight excluding hydrogens is 570 g/mol. The van der Waals surface area contributed by atoms with Crippen molar-refractivity contribution in [1.82, 2.24) is 15.0 Å². The molecule has 0 saturated heterocycles. The monoisotopic (exact) mass is 582 g/mol. The summed E-state index contributed by atoms with van der Waals surface area (Å²) in [7, 11) is -12.0. The third kappa shape index (κ3) is 5.14. The fraction of sp³-hybridized carbons (Fsp3) is 0.0476. The van der Waals surface area contributed by atoms with E-state index >= 15 is 0 Å². The van der Waals surface area contributed by atoms with E-state index < -0.39 is 31.7 Å². The maximum atomic E-state index is 13.4. The van der Waals surface area contributed by atoms with E-state index in [0.29, 0.717) is 0 Å². The number of pyridine rings is 1. The molecule has 190 valence electrons. The lowest BCUT2D eigenvalue weighted by Gasteiger charge is -2.40. The van der Waals surface area contributed by atoms with Gasteiger partial charge in [0.15, 0.2) is 5.78 Å². The largest absolute Gasteiger partial charge is 0.354 e. The predicted octanol–water partition coefficient (Wildman–Crippen LogP) is 8.10. The van der Waals surface area contributed by atoms with Crippen molar-refractivity contribution in [3.63, 3.8) is 0 Å². The Morgan fingerprint density at radius 3 is 2.08 bits per heavy atom. The van der Waals surface area contributed by atoms with E-state index in [-0.39, 0.29) is 59.9 Å². The smallest absolute Gasteiger partial charge is 0.310 e. The summed E-state index contributed by atoms with van der Waals surface area (Å²) in [5.74, 6) is -0.619. The highest BCUT2D eigenvalue weighted by molar-refractivity contribution is 8.45. The lowest BCUT2D eigenvalue weighted by molar-refractivity contribution is 0.101. The molecule has 0 bridgehead atoms. The van der Waals surface area contributed by atoms with Gasteiger partial charge in [-0.05, 0) is 43.3 Å². The molecule has 0 amide bonds. The summed E-state index contributed by atoms with van der Waals surface area (Å²) in [6.07, 6.45) is 3.72. The van der Waals surface area contributed by atoms with Crippen LogP contribution in [-0.2, 0) is 10.8 Å². The molecule has 0 aliphatic carbocycles. The minimum absolute atomic E-state index is 0.0421. The zero-order chi connectivity index (χ0) is 26.5. The second-order valence-electron chi connectivity index (χ2n) is 7.44. The number of hydrogen-bond acceptors (Lipinski definition) is 6. The van der Waals surface area contributed by atoms with E-state index in [9.17, 15) is 28.4 Å². The molecule has 0 saturated carbocycles. The molecule has 1 atom stereocenters. The molecule has 36 heavy (non-hydrogen) atoms. The quantitative estimate of drug-likeness (QED) is 0.182. The summed E-state index contributed by atoms with van der Waals surface area (Å²) in [4.78, 5) is 22.7. The number of halogens is 7. The summed E-state index contributed by atoms with van der Waals surface area (Å²) in [5.41, 5.74) is -0.321. The van der Waals surface area contributed by atoms with Crippen molar-refractivity contribution in [3.8, 4) is 0 Å². The van der Waals surface area contributed by atoms with Crippen LogP contribution in [0.25, 0.3) is 10.9 Å². The van der Waals surface area contributed by atoms with Crippen LogP contribution in [0.3, 0.4) is 0 Å². The normalized spacial score (nSPS) is 14.7. The van der Waals surface area contributed by atoms with Gasteiger partial charge in [-0.3, -0.25) is 4.79 Å². The Bertz CT molecular complexity index is 1560. The molecule has 4 aromatic rings. The van der Waals surface area contributed by atoms with Crippen LogP contribution < -0.4 is 5.32 Å². The zero-order valence-corrected chi connectivity index (χ0v) is 21.0. The van der Waals surface area contributed by atoms with Gasteiger partial charge in [0.1, 0.15) is 27.0 Å². The highest BCUT2D eigenvalue weighted by atomic mass is 35.5. The molecule has 4 rings (SSSR count). The number of carbonyl (C=O) groups is 1. The van der Waals surface area contributed by atoms with Gasteiger partial charge in [0.05, 0.1) is 31.7 Å². The van der Waals surface area contributed by atoms with Crippen LogP contribution in [0.5, 0.6) is 0 Å². The Morgan fingerprint density at radius 1 is 0.944 bits per heavy atom. The fourth-order valence-corrected chi connectivity index (χ4v) is 5.53. The number of anilines is 2. The van der Waals surface area contributed by atoms with Crippen molar-refractivity contribution in [2.75, 3.05) is 5.32 Å². The van der Waals surface area contributed by atoms with Gasteiger partial charge in [-0.1, -0.05) is 42.6 Å². The lowest BCUT2D eigenvalue weighted by Crippen LogP contribution is -2.11. The van der Waals surface area contributed by atoms with Crippen molar-refractivity contribution >= 4 is 72.3 Å². The minimum Gasteiger partial charge on any atom is -0.354 e. The van der Waals surface area contributed by atoms with Gasteiger partial charge in [-0.2, -0.15) is 0 Å². The topological polar surface area (TPSA) is 84.8 Å². The van der Waals surface area contributed by atoms with Crippen molar-refractivity contribution in [1.29, 1.82) is 0 Å². The van der Waals surface area contributed by atoms with Gasteiger partial charge in [-0.15, -0.1) is 0 Å². The summed E-state index contributed by atoms with van der Waals surface area (Å²) in [6, 6.07) is 4.79. The average molecular weight is 583 g/mol. The van der Waals surface area contributed by atoms with Crippen molar-refractivity contribution < 1.29 is 28.4 Å². The maximum absolute atomic E-state index is 13.4. The number of fused-ring (bicyclic) bond motifs is 1. The first-order chi connectivity index (χ1) is 16.6. The molecule has 6 nitrogen and oxygen atoms in total. The number of nitrogens with one attached hydrogen (secondary N) is 1. The molecule has 1 unspecified atom stereocenters. The van der Waals surface area contributed by atoms with Gasteiger partial charge < -0.3 is 5.32 Å². The fourth-order valence-electron chi connectivity index (χ4n) is 3.30. The summed E-state index contributed by atoms with van der Waals surface area (Å²) in [5, 5.41) is 2.76. The number of rotatable bonds is 6. The van der Waals surface area contributed by atoms with Crippen LogP contribution in [0.4, 0.5) is 30.8 Å². The van der Waals surface area contributed by atoms with Crippen LogP contribution in [0.1, 0.15) is 17.3 Å². The number of aromatic nitrogens is 3. The van der Waals surface area contributed by atoms with Gasteiger partial charge in [-0.25, -0.2) is 19.2 Å². The van der Waals surface area contributed by atoms with Gasteiger partial charge in [0.25, 0.3) is 0 Å². The van der Waals surface area contributed by atoms with E-state index in [0.717, 1.165) is 19.1 Å². The maximum Gasteiger partial charge on any atom is 0.310 e. The first kappa shape index (κ1) is 26.2. The second kappa shape index (κ2) is 8.33. The van der Waals surface area contributed by atoms with Gasteiger partial charge >= 0.3 is 10.2 Å². The predicted molar refractivity (Wildman–Crippen MR) is 130 cm³/mol. The molecule has 0 fully saturated rings. The number of nitrogens with zero attached hydrogens (tertiary/aromatic N) is 3. The van der Waals surface area contributed by atoms with E-state index in [2.05, 4.69) is 20.3 Å². The van der Waals surface area contributed by atoms with Crippen LogP contribution in [0.2, 0.25) is 10.0 Å². The van der Waals surface area contributed by atoms with E-state index in [4.69, 9.17) is 23.2 Å². The number of ketones is 1. The molecule has 0 aliphatic rings. The Kier molecular flexibility index (Phi) is 6.06. The number of hydrogen-bond donors (Lipinski definition) is 1. The third-order valence-corrected chi connectivity index (χ3v) is 7.92. The van der Waals surface area contributed by atoms with Crippen LogP contribution in [-0.4, -0.2) is 24.9 Å². The second-order valence-corrected chi connectivity index (χ2v) is 12.1. The number of Topliss-reactive ketones (excluding diaryl/α,β-unsaturated/α-hetero) is 1. The number of benzene rings is 2. The standard InChI is InChI=1S/C21H13Cl2F5N4O2S2/c1-11(33)17-20(31-12-2-4-14(5-3-12)36(24,25,26,27)28)18-15(22)6-7-16(23)19(18)32-21(17)35(34)13-8-29-10-30-9-13/h2-10H,1H3,(H,31,32). The zero-order valence-electron chi connectivity index (χ0n) is 17.8. The molecule has 2 aromatic heterocycles. The Hall–Kier alpha value is -2.87. The SMILES string of the molecule is CC(=O)c1c(S(=O)c2cncnc2)nc2c(Cl)ccc(Cl)c2c1Nc1ccc(S(F)(F)(F)(F)F)cc1. The van der Waals surface area contributed by atoms with Crippen molar-refractivity contribution in [2.45, 2.75) is 21.7 Å². The number of carbonyl (C=O) groups excluding carboxylic acids is 1. The minimum atomic E-state index is -9.90. The van der Waals surface area contributed by atoms with E-state index in [1.165, 1.54) is 30.9 Å². The third-order valence-electron chi connectivity index (χ3n) is 4.85. The summed E-state index contributed by atoms with van der Waals surface area (Å²) < 4.78 is 79.0. The first-order valence-electron chi connectivity index (χ1n) is 9.67. The molecule has 15 heteroatoms. The highest BCUT2D eigenvalue weighted by Crippen LogP contribution is 3.02. The van der Waals surface area contributed by atoms with Crippen LogP contribution in [0, 0.1) is 0 Å². The molecule has 0 radical (unpaired) electrons. The van der Waals surface area contributed by atoms with Crippen molar-refractivity contribution in [3.05, 3.63) is 70.7 Å².